The molecule has 2 N–H and O–H groups in total. The van der Waals surface area contributed by atoms with Crippen LogP contribution in [0, 0.1) is 12.7 Å². The first kappa shape index (κ1) is 18.6. The number of anilines is 2. The van der Waals surface area contributed by atoms with Crippen molar-refractivity contribution in [2.24, 2.45) is 0 Å². The smallest absolute Gasteiger partial charge is 0.255 e. The Labute approximate surface area is 161 Å². The van der Waals surface area contributed by atoms with E-state index < -0.39 is 11.7 Å². The van der Waals surface area contributed by atoms with Gasteiger partial charge >= 0.3 is 0 Å². The van der Waals surface area contributed by atoms with E-state index in [0.29, 0.717) is 16.3 Å². The number of rotatable bonds is 4. The van der Waals surface area contributed by atoms with E-state index in [-0.39, 0.29) is 17.2 Å². The van der Waals surface area contributed by atoms with E-state index in [4.69, 9.17) is 11.6 Å². The van der Waals surface area contributed by atoms with Crippen LogP contribution in [0.25, 0.3) is 0 Å². The Bertz CT molecular complexity index is 1020. The van der Waals surface area contributed by atoms with E-state index in [0.717, 1.165) is 5.56 Å². The zero-order chi connectivity index (χ0) is 19.4. The molecule has 0 aliphatic heterocycles. The third-order valence-electron chi connectivity index (χ3n) is 3.94. The van der Waals surface area contributed by atoms with Gasteiger partial charge in [0.2, 0.25) is 0 Å². The molecule has 0 saturated heterocycles. The molecular formula is C21H16ClFN2O2. The van der Waals surface area contributed by atoms with E-state index >= 15 is 0 Å². The summed E-state index contributed by atoms with van der Waals surface area (Å²) in [6.45, 7) is 1.87. The standard InChI is InChI=1S/C21H16ClFN2O2/c1-13-9-10-16(12-17(13)22)24-20(26)14-5-4-6-15(11-14)21(27)25-19-8-3-2-7-18(19)23/h2-12H,1H3,(H,24,26)(H,25,27). The molecule has 0 aliphatic rings. The Morgan fingerprint density at radius 3 is 2.19 bits per heavy atom. The van der Waals surface area contributed by atoms with Crippen molar-refractivity contribution in [2.75, 3.05) is 10.6 Å². The lowest BCUT2D eigenvalue weighted by atomic mass is 10.1. The van der Waals surface area contributed by atoms with E-state index in [1.807, 2.05) is 6.92 Å². The number of hydrogen-bond acceptors (Lipinski definition) is 2. The van der Waals surface area contributed by atoms with Crippen LogP contribution < -0.4 is 10.6 Å². The predicted molar refractivity (Wildman–Crippen MR) is 105 cm³/mol. The third kappa shape index (κ3) is 4.51. The minimum atomic E-state index is -0.531. The molecule has 0 bridgehead atoms. The Hall–Kier alpha value is -3.18. The Morgan fingerprint density at radius 2 is 1.52 bits per heavy atom. The fourth-order valence-electron chi connectivity index (χ4n) is 2.43. The molecular weight excluding hydrogens is 367 g/mol. The maximum Gasteiger partial charge on any atom is 0.255 e. The molecule has 2 amide bonds. The molecule has 0 atom stereocenters. The molecule has 0 radical (unpaired) electrons. The number of hydrogen-bond donors (Lipinski definition) is 2. The maximum absolute atomic E-state index is 13.7. The number of amides is 2. The maximum atomic E-state index is 13.7. The molecule has 0 saturated carbocycles. The summed E-state index contributed by atoms with van der Waals surface area (Å²) < 4.78 is 13.7. The van der Waals surface area contributed by atoms with Gasteiger partial charge in [0.25, 0.3) is 11.8 Å². The largest absolute Gasteiger partial charge is 0.322 e. The molecule has 6 heteroatoms. The summed E-state index contributed by atoms with van der Waals surface area (Å²) in [6, 6.07) is 17.3. The molecule has 3 aromatic rings. The summed E-state index contributed by atoms with van der Waals surface area (Å²) in [7, 11) is 0. The summed E-state index contributed by atoms with van der Waals surface area (Å²) in [5.41, 5.74) is 2.07. The van der Waals surface area contributed by atoms with Crippen LogP contribution in [0.2, 0.25) is 5.02 Å². The second-order valence-corrected chi connectivity index (χ2v) is 6.34. The Kier molecular flexibility index (Phi) is 5.52. The highest BCUT2D eigenvalue weighted by molar-refractivity contribution is 6.31. The SMILES string of the molecule is Cc1ccc(NC(=O)c2cccc(C(=O)Nc3ccccc3F)c2)cc1Cl. The summed E-state index contributed by atoms with van der Waals surface area (Å²) >= 11 is 6.07. The molecule has 0 aromatic heterocycles. The van der Waals surface area contributed by atoms with Crippen LogP contribution in [0.15, 0.2) is 66.7 Å². The van der Waals surface area contributed by atoms with Crippen LogP contribution in [0.1, 0.15) is 26.3 Å². The second-order valence-electron chi connectivity index (χ2n) is 5.93. The molecule has 0 unspecified atom stereocenters. The predicted octanol–water partition coefficient (Wildman–Crippen LogP) is 5.29. The molecule has 0 spiro atoms. The second kappa shape index (κ2) is 8.01. The van der Waals surface area contributed by atoms with Crippen molar-refractivity contribution in [3.63, 3.8) is 0 Å². The fraction of sp³-hybridized carbons (Fsp3) is 0.0476. The van der Waals surface area contributed by atoms with Crippen molar-refractivity contribution < 1.29 is 14.0 Å². The first-order valence-electron chi connectivity index (χ1n) is 8.17. The third-order valence-corrected chi connectivity index (χ3v) is 4.35. The van der Waals surface area contributed by atoms with Crippen molar-refractivity contribution in [3.8, 4) is 0 Å². The van der Waals surface area contributed by atoms with Crippen LogP contribution in [-0.2, 0) is 0 Å². The Balaban J connectivity index is 1.76. The normalized spacial score (nSPS) is 10.3. The number of carbonyl (C=O) groups is 2. The van der Waals surface area contributed by atoms with Crippen molar-refractivity contribution in [3.05, 3.63) is 94.3 Å². The minimum Gasteiger partial charge on any atom is -0.322 e. The molecule has 3 aromatic carbocycles. The van der Waals surface area contributed by atoms with Gasteiger partial charge in [-0.05, 0) is 55.0 Å². The van der Waals surface area contributed by atoms with Gasteiger partial charge in [0.05, 0.1) is 5.69 Å². The van der Waals surface area contributed by atoms with Crippen molar-refractivity contribution >= 4 is 34.8 Å². The number of benzene rings is 3. The van der Waals surface area contributed by atoms with E-state index in [1.165, 1.54) is 24.3 Å². The molecule has 0 heterocycles. The van der Waals surface area contributed by atoms with Crippen LogP contribution in [0.5, 0.6) is 0 Å². The zero-order valence-corrected chi connectivity index (χ0v) is 15.2. The highest BCUT2D eigenvalue weighted by atomic mass is 35.5. The number of halogens is 2. The summed E-state index contributed by atoms with van der Waals surface area (Å²) in [5.74, 6) is -1.42. The van der Waals surface area contributed by atoms with Crippen molar-refractivity contribution in [1.82, 2.24) is 0 Å². The number of nitrogens with one attached hydrogen (secondary N) is 2. The lowest BCUT2D eigenvalue weighted by Gasteiger charge is -2.09. The Morgan fingerprint density at radius 1 is 0.852 bits per heavy atom. The van der Waals surface area contributed by atoms with Gasteiger partial charge in [-0.2, -0.15) is 0 Å². The van der Waals surface area contributed by atoms with Crippen LogP contribution in [0.3, 0.4) is 0 Å². The van der Waals surface area contributed by atoms with E-state index in [9.17, 15) is 14.0 Å². The molecule has 3 rings (SSSR count). The topological polar surface area (TPSA) is 58.2 Å². The van der Waals surface area contributed by atoms with Crippen LogP contribution >= 0.6 is 11.6 Å². The van der Waals surface area contributed by atoms with Gasteiger partial charge in [0, 0.05) is 21.8 Å². The van der Waals surface area contributed by atoms with Gasteiger partial charge in [0.1, 0.15) is 5.82 Å². The highest BCUT2D eigenvalue weighted by Crippen LogP contribution is 2.21. The molecule has 27 heavy (non-hydrogen) atoms. The summed E-state index contributed by atoms with van der Waals surface area (Å²) in [5, 5.41) is 5.78. The molecule has 4 nitrogen and oxygen atoms in total. The highest BCUT2D eigenvalue weighted by Gasteiger charge is 2.13. The average molecular weight is 383 g/mol. The minimum absolute atomic E-state index is 0.0756. The van der Waals surface area contributed by atoms with Crippen molar-refractivity contribution in [1.29, 1.82) is 0 Å². The lowest BCUT2D eigenvalue weighted by Crippen LogP contribution is -2.16. The number of para-hydroxylation sites is 1. The van der Waals surface area contributed by atoms with E-state index in [1.54, 1.807) is 42.5 Å². The van der Waals surface area contributed by atoms with E-state index in [2.05, 4.69) is 10.6 Å². The summed E-state index contributed by atoms with van der Waals surface area (Å²) in [6.07, 6.45) is 0. The first-order chi connectivity index (χ1) is 12.9. The summed E-state index contributed by atoms with van der Waals surface area (Å²) in [4.78, 5) is 24.8. The van der Waals surface area contributed by atoms with Gasteiger partial charge < -0.3 is 10.6 Å². The first-order valence-corrected chi connectivity index (χ1v) is 8.55. The zero-order valence-electron chi connectivity index (χ0n) is 14.4. The number of aryl methyl sites for hydroxylation is 1. The van der Waals surface area contributed by atoms with Crippen molar-refractivity contribution in [2.45, 2.75) is 6.92 Å². The van der Waals surface area contributed by atoms with Gasteiger partial charge in [-0.15, -0.1) is 0 Å². The average Bonchev–Trinajstić information content (AvgIpc) is 2.66. The van der Waals surface area contributed by atoms with Gasteiger partial charge in [-0.3, -0.25) is 9.59 Å². The molecule has 136 valence electrons. The van der Waals surface area contributed by atoms with Gasteiger partial charge in [-0.1, -0.05) is 35.9 Å². The quantitative estimate of drug-likeness (QED) is 0.644. The lowest BCUT2D eigenvalue weighted by molar-refractivity contribution is 0.102. The monoisotopic (exact) mass is 382 g/mol. The molecule has 0 aliphatic carbocycles. The van der Waals surface area contributed by atoms with Crippen LogP contribution in [-0.4, -0.2) is 11.8 Å². The number of carbonyl (C=O) groups excluding carboxylic acids is 2. The van der Waals surface area contributed by atoms with Gasteiger partial charge in [-0.25, -0.2) is 4.39 Å². The van der Waals surface area contributed by atoms with Crippen LogP contribution in [0.4, 0.5) is 15.8 Å². The fourth-order valence-corrected chi connectivity index (χ4v) is 2.61. The van der Waals surface area contributed by atoms with Gasteiger partial charge in [0.15, 0.2) is 0 Å². The molecule has 0 fully saturated rings.